The van der Waals surface area contributed by atoms with Gasteiger partial charge in [0, 0.05) is 42.4 Å². The number of hydrogen-bond donors (Lipinski definition) is 2. The molecule has 0 unspecified atom stereocenters. The number of hydrogen-bond acceptors (Lipinski definition) is 4. The van der Waals surface area contributed by atoms with Gasteiger partial charge in [0.1, 0.15) is 5.82 Å². The third-order valence-corrected chi connectivity index (χ3v) is 5.82. The Kier molecular flexibility index (Phi) is 5.53. The van der Waals surface area contributed by atoms with Gasteiger partial charge in [0.25, 0.3) is 5.91 Å². The number of nitrogens with one attached hydrogen (secondary N) is 2. The Hall–Kier alpha value is -2.86. The largest absolute Gasteiger partial charge is 0.378 e. The lowest BCUT2D eigenvalue weighted by atomic mass is 10.0. The summed E-state index contributed by atoms with van der Waals surface area (Å²) in [7, 11) is 0. The fraction of sp³-hybridized carbons (Fsp3) is 0.391. The summed E-state index contributed by atoms with van der Waals surface area (Å²) < 4.78 is 5.31. The van der Waals surface area contributed by atoms with Gasteiger partial charge in [0.2, 0.25) is 0 Å². The zero-order chi connectivity index (χ0) is 20.4. The molecule has 1 fully saturated rings. The third-order valence-electron chi connectivity index (χ3n) is 5.82. The number of carbonyl (C=O) groups is 1. The first-order chi connectivity index (χ1) is 14.0. The molecule has 0 saturated carbocycles. The van der Waals surface area contributed by atoms with Crippen LogP contribution in [0.5, 0.6) is 0 Å². The maximum atomic E-state index is 12.5. The summed E-state index contributed by atoms with van der Waals surface area (Å²) in [4.78, 5) is 22.3. The van der Waals surface area contributed by atoms with Crippen molar-refractivity contribution in [3.63, 3.8) is 0 Å². The van der Waals surface area contributed by atoms with E-state index in [2.05, 4.69) is 48.2 Å². The van der Waals surface area contributed by atoms with Crippen LogP contribution in [0.4, 0.5) is 5.82 Å². The van der Waals surface area contributed by atoms with Gasteiger partial charge in [0.15, 0.2) is 0 Å². The van der Waals surface area contributed by atoms with Crippen LogP contribution in [0.3, 0.4) is 0 Å². The molecule has 0 radical (unpaired) electrons. The summed E-state index contributed by atoms with van der Waals surface area (Å²) in [6.45, 7) is 9.71. The van der Waals surface area contributed by atoms with E-state index in [1.807, 2.05) is 17.0 Å². The number of fused-ring (bicyclic) bond motifs is 1. The van der Waals surface area contributed by atoms with Gasteiger partial charge < -0.3 is 19.9 Å². The maximum absolute atomic E-state index is 12.5. The third kappa shape index (κ3) is 3.98. The molecule has 0 atom stereocenters. The van der Waals surface area contributed by atoms with Gasteiger partial charge in [0.05, 0.1) is 18.8 Å². The summed E-state index contributed by atoms with van der Waals surface area (Å²) >= 11 is 0. The van der Waals surface area contributed by atoms with Gasteiger partial charge >= 0.3 is 0 Å². The highest BCUT2D eigenvalue weighted by atomic mass is 16.5. The molecule has 2 aromatic heterocycles. The second-order valence-corrected chi connectivity index (χ2v) is 7.67. The second-order valence-electron chi connectivity index (χ2n) is 7.67. The van der Waals surface area contributed by atoms with Gasteiger partial charge in [-0.15, -0.1) is 0 Å². The lowest BCUT2D eigenvalue weighted by Gasteiger charge is -2.26. The van der Waals surface area contributed by atoms with E-state index in [0.717, 1.165) is 18.8 Å². The number of rotatable bonds is 5. The Labute approximate surface area is 171 Å². The number of aromatic amines is 1. The number of aromatic nitrogens is 2. The summed E-state index contributed by atoms with van der Waals surface area (Å²) in [5, 5.41) is 4.67. The van der Waals surface area contributed by atoms with Crippen molar-refractivity contribution in [3.8, 4) is 0 Å². The van der Waals surface area contributed by atoms with Crippen molar-refractivity contribution in [2.45, 2.75) is 27.2 Å². The van der Waals surface area contributed by atoms with Gasteiger partial charge in [-0.25, -0.2) is 4.98 Å². The Morgan fingerprint density at radius 3 is 2.69 bits per heavy atom. The molecule has 0 spiro atoms. The minimum absolute atomic E-state index is 0.0208. The molecule has 1 aliphatic rings. The van der Waals surface area contributed by atoms with E-state index >= 15 is 0 Å². The van der Waals surface area contributed by atoms with Crippen molar-refractivity contribution in [1.29, 1.82) is 0 Å². The molecule has 152 valence electrons. The molecule has 1 aliphatic heterocycles. The molecule has 1 amide bonds. The molecule has 3 heterocycles. The molecule has 2 N–H and O–H groups in total. The van der Waals surface area contributed by atoms with Crippen LogP contribution in [-0.4, -0.2) is 53.6 Å². The predicted molar refractivity (Wildman–Crippen MR) is 116 cm³/mol. The van der Waals surface area contributed by atoms with E-state index in [9.17, 15) is 4.79 Å². The zero-order valence-electron chi connectivity index (χ0n) is 17.3. The predicted octanol–water partition coefficient (Wildman–Crippen LogP) is 3.62. The number of ether oxygens (including phenoxy) is 1. The van der Waals surface area contributed by atoms with Crippen molar-refractivity contribution >= 4 is 22.6 Å². The van der Waals surface area contributed by atoms with Crippen LogP contribution < -0.4 is 5.32 Å². The molecule has 29 heavy (non-hydrogen) atoms. The van der Waals surface area contributed by atoms with Crippen LogP contribution in [0, 0.1) is 20.8 Å². The summed E-state index contributed by atoms with van der Waals surface area (Å²) in [6, 6.07) is 8.12. The molecule has 1 aromatic carbocycles. The highest BCUT2D eigenvalue weighted by Gasteiger charge is 2.18. The average Bonchev–Trinajstić information content (AvgIpc) is 3.07. The van der Waals surface area contributed by atoms with Crippen LogP contribution in [-0.2, 0) is 11.2 Å². The maximum Gasteiger partial charge on any atom is 0.255 e. The quantitative estimate of drug-likeness (QED) is 0.696. The summed E-state index contributed by atoms with van der Waals surface area (Å²) in [6.07, 6.45) is 2.56. The fourth-order valence-electron chi connectivity index (χ4n) is 3.91. The van der Waals surface area contributed by atoms with Crippen LogP contribution in [0.25, 0.3) is 10.9 Å². The Morgan fingerprint density at radius 2 is 1.97 bits per heavy atom. The number of amides is 1. The van der Waals surface area contributed by atoms with E-state index in [1.54, 1.807) is 6.20 Å². The Bertz CT molecular complexity index is 1020. The molecule has 0 bridgehead atoms. The SMILES string of the molecule is Cc1ccc2c(CCNc3ccc(C(=O)N4CCOCC4)cn3)c(C)[nH]c2c1C. The van der Waals surface area contributed by atoms with E-state index in [-0.39, 0.29) is 5.91 Å². The van der Waals surface area contributed by atoms with Crippen LogP contribution >= 0.6 is 0 Å². The first-order valence-electron chi connectivity index (χ1n) is 10.2. The second kappa shape index (κ2) is 8.25. The smallest absolute Gasteiger partial charge is 0.255 e. The first-order valence-corrected chi connectivity index (χ1v) is 10.2. The normalized spacial score (nSPS) is 14.4. The van der Waals surface area contributed by atoms with E-state index < -0.39 is 0 Å². The topological polar surface area (TPSA) is 70.2 Å². The molecule has 6 heteroatoms. The van der Waals surface area contributed by atoms with E-state index in [0.29, 0.717) is 31.9 Å². The van der Waals surface area contributed by atoms with Gasteiger partial charge in [-0.2, -0.15) is 0 Å². The molecular weight excluding hydrogens is 364 g/mol. The number of nitrogens with zero attached hydrogens (tertiary/aromatic N) is 2. The number of pyridine rings is 1. The minimum Gasteiger partial charge on any atom is -0.378 e. The molecule has 4 rings (SSSR count). The van der Waals surface area contributed by atoms with Crippen molar-refractivity contribution < 1.29 is 9.53 Å². The molecular formula is C23H28N4O2. The highest BCUT2D eigenvalue weighted by molar-refractivity contribution is 5.94. The van der Waals surface area contributed by atoms with Crippen LogP contribution in [0.1, 0.15) is 32.7 Å². The monoisotopic (exact) mass is 392 g/mol. The number of anilines is 1. The molecule has 1 saturated heterocycles. The average molecular weight is 393 g/mol. The van der Waals surface area contributed by atoms with Crippen LogP contribution in [0.15, 0.2) is 30.5 Å². The highest BCUT2D eigenvalue weighted by Crippen LogP contribution is 2.27. The van der Waals surface area contributed by atoms with Gasteiger partial charge in [-0.1, -0.05) is 12.1 Å². The lowest BCUT2D eigenvalue weighted by Crippen LogP contribution is -2.40. The van der Waals surface area contributed by atoms with Gasteiger partial charge in [-0.3, -0.25) is 4.79 Å². The Morgan fingerprint density at radius 1 is 1.17 bits per heavy atom. The molecule has 0 aliphatic carbocycles. The first kappa shape index (κ1) is 19.5. The number of morpholine rings is 1. The zero-order valence-corrected chi connectivity index (χ0v) is 17.3. The van der Waals surface area contributed by atoms with E-state index in [1.165, 1.54) is 33.3 Å². The van der Waals surface area contributed by atoms with Crippen molar-refractivity contribution in [2.24, 2.45) is 0 Å². The molecule has 3 aromatic rings. The number of H-pyrrole nitrogens is 1. The minimum atomic E-state index is 0.0208. The standard InChI is InChI=1S/C23H28N4O2/c1-15-4-6-20-19(17(3)26-22(20)16(15)2)8-9-24-21-7-5-18(14-25-21)23(28)27-10-12-29-13-11-27/h4-7,14,26H,8-13H2,1-3H3,(H,24,25). The van der Waals surface area contributed by atoms with Crippen molar-refractivity contribution in [2.75, 3.05) is 38.2 Å². The van der Waals surface area contributed by atoms with Gasteiger partial charge in [-0.05, 0) is 56.0 Å². The van der Waals surface area contributed by atoms with Crippen LogP contribution in [0.2, 0.25) is 0 Å². The Balaban J connectivity index is 1.39. The van der Waals surface area contributed by atoms with Crippen molar-refractivity contribution in [3.05, 3.63) is 58.4 Å². The van der Waals surface area contributed by atoms with E-state index in [4.69, 9.17) is 4.74 Å². The lowest BCUT2D eigenvalue weighted by molar-refractivity contribution is 0.0302. The summed E-state index contributed by atoms with van der Waals surface area (Å²) in [5.74, 6) is 0.806. The molecule has 6 nitrogen and oxygen atoms in total. The number of carbonyl (C=O) groups excluding carboxylic acids is 1. The number of aryl methyl sites for hydroxylation is 3. The number of benzene rings is 1. The summed E-state index contributed by atoms with van der Waals surface area (Å²) in [5.41, 5.74) is 7.04. The fourth-order valence-corrected chi connectivity index (χ4v) is 3.91. The van der Waals surface area contributed by atoms with Crippen molar-refractivity contribution in [1.82, 2.24) is 14.9 Å².